The van der Waals surface area contributed by atoms with E-state index in [2.05, 4.69) is 10.00 Å². The number of piperazine rings is 1. The van der Waals surface area contributed by atoms with Crippen LogP contribution in [-0.2, 0) is 0 Å². The molecule has 1 aliphatic heterocycles. The fraction of sp³-hybridized carbons (Fsp3) is 0.375. The molecule has 1 saturated heterocycles. The van der Waals surface area contributed by atoms with Crippen molar-refractivity contribution in [3.63, 3.8) is 0 Å². The Morgan fingerprint density at radius 3 is 2.74 bits per heavy atom. The molecule has 0 atom stereocenters. The Bertz CT molecular complexity index is 680. The maximum Gasteiger partial charge on any atom is 0.257 e. The lowest BCUT2D eigenvalue weighted by Gasteiger charge is -2.34. The highest BCUT2D eigenvalue weighted by Gasteiger charge is 2.22. The maximum absolute atomic E-state index is 12.6. The Labute approximate surface area is 139 Å². The van der Waals surface area contributed by atoms with Gasteiger partial charge in [0.15, 0.2) is 0 Å². The van der Waals surface area contributed by atoms with Crippen molar-refractivity contribution in [1.29, 1.82) is 0 Å². The minimum absolute atomic E-state index is 0.0121. The Kier molecular flexibility index (Phi) is 4.95. The molecular weight excluding hydrogens is 316 g/mol. The maximum atomic E-state index is 12.6. The first-order valence-corrected chi connectivity index (χ1v) is 7.98. The highest BCUT2D eigenvalue weighted by atomic mass is 35.5. The van der Waals surface area contributed by atoms with E-state index in [1.165, 1.54) is 0 Å². The Morgan fingerprint density at radius 2 is 2.04 bits per heavy atom. The molecule has 1 amide bonds. The summed E-state index contributed by atoms with van der Waals surface area (Å²) in [5.74, 6) is -0.0121. The molecule has 1 fully saturated rings. The molecule has 122 valence electrons. The SMILES string of the molecule is O=C(c1cnn(-c2cccc(Cl)c2)c1)N1CCN(CCO)CC1. The van der Waals surface area contributed by atoms with E-state index < -0.39 is 0 Å². The summed E-state index contributed by atoms with van der Waals surface area (Å²) in [6, 6.07) is 7.34. The summed E-state index contributed by atoms with van der Waals surface area (Å²) in [4.78, 5) is 16.5. The molecule has 0 unspecified atom stereocenters. The zero-order valence-electron chi connectivity index (χ0n) is 12.7. The highest BCUT2D eigenvalue weighted by molar-refractivity contribution is 6.30. The van der Waals surface area contributed by atoms with Gasteiger partial charge in [0.1, 0.15) is 0 Å². The Morgan fingerprint density at radius 1 is 1.26 bits per heavy atom. The van der Waals surface area contributed by atoms with Gasteiger partial charge in [-0.3, -0.25) is 9.69 Å². The Balaban J connectivity index is 1.67. The molecule has 0 aliphatic carbocycles. The summed E-state index contributed by atoms with van der Waals surface area (Å²) in [7, 11) is 0. The van der Waals surface area contributed by atoms with Gasteiger partial charge in [0.25, 0.3) is 5.91 Å². The van der Waals surface area contributed by atoms with Crippen LogP contribution in [-0.4, -0.2) is 69.9 Å². The van der Waals surface area contributed by atoms with Crippen molar-refractivity contribution in [2.24, 2.45) is 0 Å². The zero-order valence-corrected chi connectivity index (χ0v) is 13.5. The van der Waals surface area contributed by atoms with Gasteiger partial charge in [-0.15, -0.1) is 0 Å². The summed E-state index contributed by atoms with van der Waals surface area (Å²) < 4.78 is 1.65. The number of aliphatic hydroxyl groups is 1. The van der Waals surface area contributed by atoms with Crippen LogP contribution in [0.5, 0.6) is 0 Å². The fourth-order valence-electron chi connectivity index (χ4n) is 2.69. The third kappa shape index (κ3) is 3.72. The molecule has 1 aromatic heterocycles. The molecule has 6 nitrogen and oxygen atoms in total. The van der Waals surface area contributed by atoms with Gasteiger partial charge in [0.2, 0.25) is 0 Å². The lowest BCUT2D eigenvalue weighted by atomic mass is 10.2. The predicted octanol–water partition coefficient (Wildman–Crippen LogP) is 1.28. The van der Waals surface area contributed by atoms with Crippen molar-refractivity contribution >= 4 is 17.5 Å². The van der Waals surface area contributed by atoms with Crippen LogP contribution in [0.3, 0.4) is 0 Å². The van der Waals surface area contributed by atoms with Crippen molar-refractivity contribution in [3.8, 4) is 5.69 Å². The van der Waals surface area contributed by atoms with Crippen molar-refractivity contribution < 1.29 is 9.90 Å². The van der Waals surface area contributed by atoms with E-state index in [0.717, 1.165) is 18.8 Å². The number of amides is 1. The van der Waals surface area contributed by atoms with E-state index in [1.807, 2.05) is 17.0 Å². The number of benzene rings is 1. The summed E-state index contributed by atoms with van der Waals surface area (Å²) >= 11 is 5.99. The minimum Gasteiger partial charge on any atom is -0.395 e. The number of hydrogen-bond acceptors (Lipinski definition) is 4. The van der Waals surface area contributed by atoms with E-state index in [1.54, 1.807) is 29.2 Å². The van der Waals surface area contributed by atoms with Gasteiger partial charge in [-0.1, -0.05) is 17.7 Å². The first-order chi connectivity index (χ1) is 11.2. The molecule has 0 spiro atoms. The summed E-state index contributed by atoms with van der Waals surface area (Å²) in [5.41, 5.74) is 1.39. The zero-order chi connectivity index (χ0) is 16.2. The van der Waals surface area contributed by atoms with Gasteiger partial charge in [0.05, 0.1) is 24.1 Å². The number of halogens is 1. The molecule has 2 aromatic rings. The predicted molar refractivity (Wildman–Crippen MR) is 88.0 cm³/mol. The van der Waals surface area contributed by atoms with E-state index in [9.17, 15) is 4.79 Å². The summed E-state index contributed by atoms with van der Waals surface area (Å²) in [6.45, 7) is 3.72. The molecule has 3 rings (SSSR count). The van der Waals surface area contributed by atoms with Crippen LogP contribution in [0.25, 0.3) is 5.69 Å². The number of nitrogens with zero attached hydrogens (tertiary/aromatic N) is 4. The molecule has 1 aliphatic rings. The lowest BCUT2D eigenvalue weighted by molar-refractivity contribution is 0.0615. The van der Waals surface area contributed by atoms with E-state index in [-0.39, 0.29) is 12.5 Å². The minimum atomic E-state index is -0.0121. The fourth-order valence-corrected chi connectivity index (χ4v) is 2.88. The second-order valence-electron chi connectivity index (χ2n) is 5.51. The molecule has 7 heteroatoms. The molecule has 1 N–H and O–H groups in total. The third-order valence-electron chi connectivity index (χ3n) is 3.98. The number of hydrogen-bond donors (Lipinski definition) is 1. The summed E-state index contributed by atoms with van der Waals surface area (Å²) in [5, 5.41) is 13.8. The molecule has 23 heavy (non-hydrogen) atoms. The first-order valence-electron chi connectivity index (χ1n) is 7.60. The second kappa shape index (κ2) is 7.12. The van der Waals surface area contributed by atoms with Crippen LogP contribution in [0.15, 0.2) is 36.7 Å². The van der Waals surface area contributed by atoms with Gasteiger partial charge in [0, 0.05) is 43.9 Å². The molecule has 2 heterocycles. The second-order valence-corrected chi connectivity index (χ2v) is 5.95. The number of carbonyl (C=O) groups excluding carboxylic acids is 1. The van der Waals surface area contributed by atoms with E-state index in [4.69, 9.17) is 16.7 Å². The van der Waals surface area contributed by atoms with E-state index >= 15 is 0 Å². The third-order valence-corrected chi connectivity index (χ3v) is 4.21. The van der Waals surface area contributed by atoms with Gasteiger partial charge in [-0.25, -0.2) is 4.68 Å². The van der Waals surface area contributed by atoms with Gasteiger partial charge in [-0.2, -0.15) is 5.10 Å². The van der Waals surface area contributed by atoms with E-state index in [0.29, 0.717) is 30.2 Å². The van der Waals surface area contributed by atoms with Crippen molar-refractivity contribution in [2.75, 3.05) is 39.3 Å². The number of rotatable bonds is 4. The molecule has 0 radical (unpaired) electrons. The average Bonchev–Trinajstić information content (AvgIpc) is 3.05. The van der Waals surface area contributed by atoms with Crippen LogP contribution in [0, 0.1) is 0 Å². The van der Waals surface area contributed by atoms with Crippen LogP contribution < -0.4 is 0 Å². The van der Waals surface area contributed by atoms with Gasteiger partial charge >= 0.3 is 0 Å². The number of aromatic nitrogens is 2. The monoisotopic (exact) mass is 334 g/mol. The van der Waals surface area contributed by atoms with Crippen LogP contribution >= 0.6 is 11.6 Å². The smallest absolute Gasteiger partial charge is 0.257 e. The van der Waals surface area contributed by atoms with Gasteiger partial charge < -0.3 is 10.0 Å². The average molecular weight is 335 g/mol. The number of aliphatic hydroxyl groups excluding tert-OH is 1. The van der Waals surface area contributed by atoms with Crippen molar-refractivity contribution in [3.05, 3.63) is 47.2 Å². The van der Waals surface area contributed by atoms with Gasteiger partial charge in [-0.05, 0) is 18.2 Å². The van der Waals surface area contributed by atoms with Crippen molar-refractivity contribution in [1.82, 2.24) is 19.6 Å². The normalized spacial score (nSPS) is 15.8. The van der Waals surface area contributed by atoms with Crippen molar-refractivity contribution in [2.45, 2.75) is 0 Å². The molecule has 0 bridgehead atoms. The molecule has 1 aromatic carbocycles. The standard InChI is InChI=1S/C16H19ClN4O2/c17-14-2-1-3-15(10-14)21-12-13(11-18-21)16(23)20-6-4-19(5-7-20)8-9-22/h1-3,10-12,22H,4-9H2. The molecular formula is C16H19ClN4O2. The van der Waals surface area contributed by atoms with Crippen LogP contribution in [0.1, 0.15) is 10.4 Å². The first kappa shape index (κ1) is 16.0. The largest absolute Gasteiger partial charge is 0.395 e. The Hall–Kier alpha value is -1.89. The summed E-state index contributed by atoms with van der Waals surface area (Å²) in [6.07, 6.45) is 3.32. The lowest BCUT2D eigenvalue weighted by Crippen LogP contribution is -2.49. The topological polar surface area (TPSA) is 61.6 Å². The number of carbonyl (C=O) groups is 1. The quantitative estimate of drug-likeness (QED) is 0.915. The molecule has 0 saturated carbocycles. The number of β-amino-alcohol motifs (C(OH)–C–C–N with tert-alkyl or cyclic N) is 1. The van der Waals surface area contributed by atoms with Crippen LogP contribution in [0.2, 0.25) is 5.02 Å². The van der Waals surface area contributed by atoms with Crippen LogP contribution in [0.4, 0.5) is 0 Å². The highest BCUT2D eigenvalue weighted by Crippen LogP contribution is 2.15.